The van der Waals surface area contributed by atoms with E-state index in [1.165, 1.54) is 55.4 Å². The summed E-state index contributed by atoms with van der Waals surface area (Å²) in [6, 6.07) is 0. The van der Waals surface area contributed by atoms with Gasteiger partial charge in [0.25, 0.3) is 0 Å². The predicted octanol–water partition coefficient (Wildman–Crippen LogP) is 5.70. The Balaban J connectivity index is 4.90. The van der Waals surface area contributed by atoms with Crippen molar-refractivity contribution in [1.29, 1.82) is 0 Å². The van der Waals surface area contributed by atoms with Crippen LogP contribution in [0.2, 0.25) is 13.3 Å². The van der Waals surface area contributed by atoms with Crippen LogP contribution in [0.5, 0.6) is 0 Å². The molecule has 1 N–H and O–H groups in total. The molecule has 0 fully saturated rings. The van der Waals surface area contributed by atoms with Crippen molar-refractivity contribution < 1.29 is 5.11 Å². The van der Waals surface area contributed by atoms with E-state index < -0.39 is 18.4 Å². The van der Waals surface area contributed by atoms with Gasteiger partial charge in [0.15, 0.2) is 0 Å². The molecule has 0 aromatic rings. The Labute approximate surface area is 125 Å². The molecule has 1 nitrogen and oxygen atoms in total. The van der Waals surface area contributed by atoms with Crippen molar-refractivity contribution in [3.05, 3.63) is 10.2 Å². The SMILES string of the molecule is C=[C](CC(C)O)[Sn]([CH2]CCC)([CH2]CCC)[CH2]CCC. The van der Waals surface area contributed by atoms with Crippen LogP contribution in [0.3, 0.4) is 0 Å². The molecule has 0 radical (unpaired) electrons. The molecule has 0 aliphatic rings. The fourth-order valence-corrected chi connectivity index (χ4v) is 19.1. The number of hydrogen-bond donors (Lipinski definition) is 1. The van der Waals surface area contributed by atoms with Gasteiger partial charge in [-0.1, -0.05) is 0 Å². The summed E-state index contributed by atoms with van der Waals surface area (Å²) in [6.07, 6.45) is 8.71. The molecule has 0 heterocycles. The Morgan fingerprint density at radius 2 is 1.32 bits per heavy atom. The van der Waals surface area contributed by atoms with Gasteiger partial charge in [-0.3, -0.25) is 0 Å². The summed E-state index contributed by atoms with van der Waals surface area (Å²) in [5.41, 5.74) is 0. The van der Waals surface area contributed by atoms with E-state index in [2.05, 4.69) is 27.4 Å². The van der Waals surface area contributed by atoms with Gasteiger partial charge in [-0.05, 0) is 0 Å². The quantitative estimate of drug-likeness (QED) is 0.434. The molecule has 0 spiro atoms. The van der Waals surface area contributed by atoms with Crippen LogP contribution in [0.15, 0.2) is 10.2 Å². The van der Waals surface area contributed by atoms with Gasteiger partial charge in [-0.2, -0.15) is 0 Å². The summed E-state index contributed by atoms with van der Waals surface area (Å²) in [5, 5.41) is 9.74. The van der Waals surface area contributed by atoms with Gasteiger partial charge < -0.3 is 0 Å². The third-order valence-corrected chi connectivity index (χ3v) is 20.4. The summed E-state index contributed by atoms with van der Waals surface area (Å²) in [6.45, 7) is 13.3. The van der Waals surface area contributed by atoms with Crippen LogP contribution in [0.25, 0.3) is 0 Å². The Morgan fingerprint density at radius 1 is 0.947 bits per heavy atom. The first-order chi connectivity index (χ1) is 9.02. The molecule has 1 unspecified atom stereocenters. The Kier molecular flexibility index (Phi) is 11.5. The van der Waals surface area contributed by atoms with Gasteiger partial charge in [0.2, 0.25) is 0 Å². The van der Waals surface area contributed by atoms with Crippen molar-refractivity contribution in [3.63, 3.8) is 0 Å². The zero-order chi connectivity index (χ0) is 14.7. The molecule has 0 saturated heterocycles. The molecular weight excluding hydrogens is 339 g/mol. The maximum atomic E-state index is 9.74. The summed E-state index contributed by atoms with van der Waals surface area (Å²) in [4.78, 5) is 0. The topological polar surface area (TPSA) is 20.2 Å². The number of aliphatic hydroxyl groups is 1. The fraction of sp³-hybridized carbons (Fsp3) is 0.882. The van der Waals surface area contributed by atoms with E-state index in [4.69, 9.17) is 0 Å². The minimum absolute atomic E-state index is 0.201. The Bertz CT molecular complexity index is 214. The van der Waals surface area contributed by atoms with Crippen LogP contribution < -0.4 is 0 Å². The molecular formula is C17H36OSn. The molecule has 1 atom stereocenters. The summed E-state index contributed by atoms with van der Waals surface area (Å²) >= 11 is -2.23. The van der Waals surface area contributed by atoms with Gasteiger partial charge in [-0.15, -0.1) is 0 Å². The number of aliphatic hydroxyl groups excluding tert-OH is 1. The van der Waals surface area contributed by atoms with Crippen LogP contribution in [-0.4, -0.2) is 29.6 Å². The van der Waals surface area contributed by atoms with Crippen molar-refractivity contribution in [2.45, 2.75) is 92.1 Å². The van der Waals surface area contributed by atoms with E-state index in [0.29, 0.717) is 0 Å². The van der Waals surface area contributed by atoms with Crippen LogP contribution >= 0.6 is 0 Å². The zero-order valence-electron chi connectivity index (χ0n) is 13.8. The van der Waals surface area contributed by atoms with E-state index in [-0.39, 0.29) is 6.10 Å². The van der Waals surface area contributed by atoms with Crippen molar-refractivity contribution >= 4 is 18.4 Å². The first kappa shape index (κ1) is 19.5. The van der Waals surface area contributed by atoms with Gasteiger partial charge in [0.05, 0.1) is 0 Å². The molecule has 0 amide bonds. The average Bonchev–Trinajstić information content (AvgIpc) is 2.37. The number of hydrogen-bond acceptors (Lipinski definition) is 1. The monoisotopic (exact) mass is 376 g/mol. The first-order valence-electron chi connectivity index (χ1n) is 8.38. The molecule has 0 aromatic heterocycles. The molecule has 0 saturated carbocycles. The molecule has 0 aliphatic heterocycles. The average molecular weight is 375 g/mol. The molecule has 2 heteroatoms. The standard InChI is InChI=1S/C5H9O.3C4H9.Sn/c1-3-4-5(2)6;3*1-3-4-2;/h5-6H,1,4H2,2H3;3*1,3-4H2,2H3;. The van der Waals surface area contributed by atoms with Crippen molar-refractivity contribution in [2.75, 3.05) is 0 Å². The van der Waals surface area contributed by atoms with Crippen LogP contribution in [-0.2, 0) is 0 Å². The van der Waals surface area contributed by atoms with Crippen molar-refractivity contribution in [3.8, 4) is 0 Å². The Hall–Kier alpha value is 0.499. The Morgan fingerprint density at radius 3 is 1.58 bits per heavy atom. The van der Waals surface area contributed by atoms with Gasteiger partial charge in [-0.25, -0.2) is 0 Å². The third-order valence-electron chi connectivity index (χ3n) is 4.32. The maximum absolute atomic E-state index is 9.74. The van der Waals surface area contributed by atoms with Crippen LogP contribution in [0.1, 0.15) is 72.6 Å². The van der Waals surface area contributed by atoms with Crippen molar-refractivity contribution in [1.82, 2.24) is 0 Å². The molecule has 19 heavy (non-hydrogen) atoms. The third kappa shape index (κ3) is 7.74. The van der Waals surface area contributed by atoms with Crippen molar-refractivity contribution in [2.24, 2.45) is 0 Å². The fourth-order valence-electron chi connectivity index (χ4n) is 3.02. The van der Waals surface area contributed by atoms with Gasteiger partial charge in [0, 0.05) is 0 Å². The molecule has 0 bridgehead atoms. The van der Waals surface area contributed by atoms with E-state index in [0.717, 1.165) is 6.42 Å². The molecule has 0 aliphatic carbocycles. The second-order valence-electron chi connectivity index (χ2n) is 6.25. The van der Waals surface area contributed by atoms with E-state index >= 15 is 0 Å². The first-order valence-corrected chi connectivity index (χ1v) is 15.9. The second kappa shape index (κ2) is 11.2. The predicted molar refractivity (Wildman–Crippen MR) is 90.3 cm³/mol. The van der Waals surface area contributed by atoms with Crippen LogP contribution in [0, 0.1) is 0 Å². The normalized spacial score (nSPS) is 13.5. The summed E-state index contributed by atoms with van der Waals surface area (Å²) < 4.78 is 5.92. The van der Waals surface area contributed by atoms with Gasteiger partial charge >= 0.3 is 126 Å². The second-order valence-corrected chi connectivity index (χ2v) is 19.9. The van der Waals surface area contributed by atoms with E-state index in [1.54, 1.807) is 0 Å². The molecule has 114 valence electrons. The van der Waals surface area contributed by atoms with E-state index in [9.17, 15) is 5.11 Å². The number of rotatable bonds is 12. The minimum atomic E-state index is -2.23. The molecule has 0 aromatic carbocycles. The number of unbranched alkanes of at least 4 members (excludes halogenated alkanes) is 3. The summed E-state index contributed by atoms with van der Waals surface area (Å²) in [7, 11) is 0. The van der Waals surface area contributed by atoms with Crippen LogP contribution in [0.4, 0.5) is 0 Å². The van der Waals surface area contributed by atoms with Gasteiger partial charge in [0.1, 0.15) is 0 Å². The van der Waals surface area contributed by atoms with E-state index in [1.807, 2.05) is 6.92 Å². The zero-order valence-corrected chi connectivity index (χ0v) is 16.7. The molecule has 0 rings (SSSR count). The summed E-state index contributed by atoms with van der Waals surface area (Å²) in [5.74, 6) is 0.